The van der Waals surface area contributed by atoms with Gasteiger partial charge in [-0.1, -0.05) is 18.2 Å². The van der Waals surface area contributed by atoms with Crippen molar-refractivity contribution in [3.05, 3.63) is 45.9 Å². The molecule has 0 spiro atoms. The fourth-order valence-corrected chi connectivity index (χ4v) is 2.79. The maximum absolute atomic E-state index is 11.2. The van der Waals surface area contributed by atoms with Gasteiger partial charge in [0.1, 0.15) is 11.2 Å². The molecule has 20 heavy (non-hydrogen) atoms. The Bertz CT molecular complexity index is 619. The molecule has 0 bridgehead atoms. The van der Waals surface area contributed by atoms with E-state index in [1.54, 1.807) is 21.0 Å². The summed E-state index contributed by atoms with van der Waals surface area (Å²) in [4.78, 5) is 15.7. The minimum absolute atomic E-state index is 0.597. The van der Waals surface area contributed by atoms with E-state index in [2.05, 4.69) is 4.98 Å². The fraction of sp³-hybridized carbons (Fsp3) is 0.333. The van der Waals surface area contributed by atoms with Gasteiger partial charge >= 0.3 is 5.97 Å². The van der Waals surface area contributed by atoms with Crippen LogP contribution in [0.3, 0.4) is 0 Å². The molecule has 1 aromatic heterocycles. The molecule has 2 aromatic rings. The Hall–Kier alpha value is -1.88. The van der Waals surface area contributed by atoms with Gasteiger partial charge in [0.25, 0.3) is 0 Å². The zero-order valence-electron chi connectivity index (χ0n) is 11.7. The number of hydrogen-bond donors (Lipinski definition) is 1. The molecule has 1 aromatic carbocycles. The molecule has 0 saturated heterocycles. The summed E-state index contributed by atoms with van der Waals surface area (Å²) in [7, 11) is 1.64. The Morgan fingerprint density at radius 2 is 2.10 bits per heavy atom. The maximum Gasteiger partial charge on any atom is 0.315 e. The van der Waals surface area contributed by atoms with Crippen LogP contribution in [0.4, 0.5) is 0 Å². The maximum atomic E-state index is 11.2. The van der Waals surface area contributed by atoms with Crippen molar-refractivity contribution < 1.29 is 14.6 Å². The first-order valence-corrected chi connectivity index (χ1v) is 7.13. The number of para-hydroxylation sites is 1. The van der Waals surface area contributed by atoms with Crippen molar-refractivity contribution in [1.82, 2.24) is 4.98 Å². The molecule has 0 saturated carbocycles. The van der Waals surface area contributed by atoms with Crippen LogP contribution in [0.1, 0.15) is 30.1 Å². The molecule has 5 heteroatoms. The van der Waals surface area contributed by atoms with Crippen LogP contribution in [0.25, 0.3) is 0 Å². The second-order valence-electron chi connectivity index (χ2n) is 5.05. The van der Waals surface area contributed by atoms with Crippen molar-refractivity contribution >= 4 is 17.3 Å². The molecule has 0 atom stereocenters. The first kappa shape index (κ1) is 14.5. The van der Waals surface area contributed by atoms with Gasteiger partial charge in [0.05, 0.1) is 17.8 Å². The zero-order valence-corrected chi connectivity index (χ0v) is 12.5. The number of aromatic nitrogens is 1. The van der Waals surface area contributed by atoms with Gasteiger partial charge in [0.15, 0.2) is 0 Å². The van der Waals surface area contributed by atoms with E-state index in [0.29, 0.717) is 12.1 Å². The molecule has 0 radical (unpaired) electrons. The molecule has 0 unspecified atom stereocenters. The lowest BCUT2D eigenvalue weighted by Gasteiger charge is -2.15. The normalized spacial score (nSPS) is 11.3. The number of methoxy groups -OCH3 is 1. The number of thiazole rings is 1. The summed E-state index contributed by atoms with van der Waals surface area (Å²) >= 11 is 1.48. The summed E-state index contributed by atoms with van der Waals surface area (Å²) in [5, 5.41) is 11.9. The Morgan fingerprint density at radius 1 is 1.40 bits per heavy atom. The highest BCUT2D eigenvalue weighted by atomic mass is 32.1. The second kappa shape index (κ2) is 5.63. The number of carboxylic acid groups (broad SMARTS) is 1. The minimum atomic E-state index is -0.963. The van der Waals surface area contributed by atoms with E-state index >= 15 is 0 Å². The predicted octanol–water partition coefficient (Wildman–Crippen LogP) is 3.10. The van der Waals surface area contributed by atoms with E-state index in [0.717, 1.165) is 16.3 Å². The van der Waals surface area contributed by atoms with Gasteiger partial charge in [-0.05, 0) is 19.9 Å². The van der Waals surface area contributed by atoms with Crippen molar-refractivity contribution in [2.24, 2.45) is 0 Å². The summed E-state index contributed by atoms with van der Waals surface area (Å²) in [6.45, 7) is 3.33. The van der Waals surface area contributed by atoms with Gasteiger partial charge in [0.2, 0.25) is 0 Å². The third-order valence-corrected chi connectivity index (χ3v) is 4.11. The third kappa shape index (κ3) is 2.82. The molecule has 0 aliphatic rings. The number of ether oxygens (including phenoxy) is 1. The second-order valence-corrected chi connectivity index (χ2v) is 5.99. The predicted molar refractivity (Wildman–Crippen MR) is 78.6 cm³/mol. The molecular weight excluding hydrogens is 274 g/mol. The molecule has 1 N–H and O–H groups in total. The van der Waals surface area contributed by atoms with Gasteiger partial charge in [-0.15, -0.1) is 11.3 Å². The summed E-state index contributed by atoms with van der Waals surface area (Å²) in [5.41, 5.74) is 0.680. The highest BCUT2D eigenvalue weighted by Gasteiger charge is 2.32. The number of rotatable bonds is 5. The lowest BCUT2D eigenvalue weighted by atomic mass is 9.90. The van der Waals surface area contributed by atoms with E-state index < -0.39 is 11.4 Å². The van der Waals surface area contributed by atoms with Gasteiger partial charge in [-0.2, -0.15) is 0 Å². The Morgan fingerprint density at radius 3 is 2.75 bits per heavy atom. The van der Waals surface area contributed by atoms with E-state index in [4.69, 9.17) is 4.74 Å². The van der Waals surface area contributed by atoms with Crippen molar-refractivity contribution in [3.8, 4) is 5.75 Å². The third-order valence-electron chi connectivity index (χ3n) is 3.26. The molecule has 0 aliphatic carbocycles. The molecule has 0 amide bonds. The number of benzene rings is 1. The number of hydrogen-bond acceptors (Lipinski definition) is 4. The first-order chi connectivity index (χ1) is 9.45. The highest BCUT2D eigenvalue weighted by Crippen LogP contribution is 2.28. The first-order valence-electron chi connectivity index (χ1n) is 6.25. The average Bonchev–Trinajstić information content (AvgIpc) is 2.88. The molecule has 1 heterocycles. The van der Waals surface area contributed by atoms with Crippen LogP contribution >= 0.6 is 11.3 Å². The number of aliphatic carboxylic acids is 1. The van der Waals surface area contributed by atoms with Gasteiger partial charge in [-0.3, -0.25) is 4.79 Å². The monoisotopic (exact) mass is 291 g/mol. The molecule has 106 valence electrons. The van der Waals surface area contributed by atoms with Gasteiger partial charge in [0, 0.05) is 17.4 Å². The van der Waals surface area contributed by atoms with Crippen LogP contribution in [0, 0.1) is 0 Å². The van der Waals surface area contributed by atoms with Gasteiger partial charge < -0.3 is 9.84 Å². The van der Waals surface area contributed by atoms with E-state index in [-0.39, 0.29) is 0 Å². The quantitative estimate of drug-likeness (QED) is 0.919. The topological polar surface area (TPSA) is 59.4 Å². The Balaban J connectivity index is 2.24. The molecule has 0 aliphatic heterocycles. The average molecular weight is 291 g/mol. The Kier molecular flexibility index (Phi) is 4.09. The minimum Gasteiger partial charge on any atom is -0.496 e. The zero-order chi connectivity index (χ0) is 14.8. The number of carbonyl (C=O) groups is 1. The molecule has 0 fully saturated rings. The lowest BCUT2D eigenvalue weighted by molar-refractivity contribution is -0.142. The molecule has 2 rings (SSSR count). The highest BCUT2D eigenvalue weighted by molar-refractivity contribution is 7.09. The van der Waals surface area contributed by atoms with Crippen LogP contribution in [0.2, 0.25) is 0 Å². The summed E-state index contributed by atoms with van der Waals surface area (Å²) < 4.78 is 5.31. The van der Waals surface area contributed by atoms with Crippen molar-refractivity contribution in [2.75, 3.05) is 7.11 Å². The van der Waals surface area contributed by atoms with Crippen LogP contribution in [0.5, 0.6) is 5.75 Å². The molecule has 4 nitrogen and oxygen atoms in total. The standard InChI is InChI=1S/C15H17NO3S/c1-15(2,14(17)18)12-9-20-13(16-12)8-10-6-4-5-7-11(10)19-3/h4-7,9H,8H2,1-3H3,(H,17,18). The van der Waals surface area contributed by atoms with E-state index in [9.17, 15) is 9.90 Å². The van der Waals surface area contributed by atoms with E-state index in [1.807, 2.05) is 29.6 Å². The summed E-state index contributed by atoms with van der Waals surface area (Å²) in [5.74, 6) is -0.0478. The van der Waals surface area contributed by atoms with Gasteiger partial charge in [-0.25, -0.2) is 4.98 Å². The van der Waals surface area contributed by atoms with Crippen molar-refractivity contribution in [2.45, 2.75) is 25.7 Å². The molecular formula is C15H17NO3S. The van der Waals surface area contributed by atoms with E-state index in [1.165, 1.54) is 11.3 Å². The largest absolute Gasteiger partial charge is 0.496 e. The fourth-order valence-electron chi connectivity index (χ4n) is 1.80. The Labute approximate surface area is 122 Å². The lowest BCUT2D eigenvalue weighted by Crippen LogP contribution is -2.28. The number of carboxylic acids is 1. The smallest absolute Gasteiger partial charge is 0.315 e. The van der Waals surface area contributed by atoms with Crippen LogP contribution < -0.4 is 4.74 Å². The van der Waals surface area contributed by atoms with Crippen LogP contribution in [-0.2, 0) is 16.6 Å². The summed E-state index contributed by atoms with van der Waals surface area (Å²) in [6, 6.07) is 7.77. The number of nitrogens with zero attached hydrogens (tertiary/aromatic N) is 1. The van der Waals surface area contributed by atoms with Crippen molar-refractivity contribution in [3.63, 3.8) is 0 Å². The SMILES string of the molecule is COc1ccccc1Cc1nc(C(C)(C)C(=O)O)cs1. The summed E-state index contributed by atoms with van der Waals surface area (Å²) in [6.07, 6.45) is 0.643. The van der Waals surface area contributed by atoms with Crippen molar-refractivity contribution in [1.29, 1.82) is 0 Å². The van der Waals surface area contributed by atoms with Crippen LogP contribution in [0.15, 0.2) is 29.6 Å². The van der Waals surface area contributed by atoms with Crippen LogP contribution in [-0.4, -0.2) is 23.2 Å².